The zero-order valence-corrected chi connectivity index (χ0v) is 10.8. The Balaban J connectivity index is 3.67. The largest absolute Gasteiger partial charge is 0.444 e. The van der Waals surface area contributed by atoms with Crippen LogP contribution < -0.4 is 5.32 Å². The maximum Gasteiger partial charge on any atom is 0.407 e. The molecule has 1 atom stereocenters. The highest BCUT2D eigenvalue weighted by Gasteiger charge is 2.17. The molecule has 0 aromatic carbocycles. The van der Waals surface area contributed by atoms with Gasteiger partial charge >= 0.3 is 6.09 Å². The molecule has 7 heteroatoms. The van der Waals surface area contributed by atoms with Gasteiger partial charge in [0.05, 0.1) is 19.3 Å². The van der Waals surface area contributed by atoms with Crippen molar-refractivity contribution >= 4 is 6.09 Å². The number of azide groups is 1. The highest BCUT2D eigenvalue weighted by Crippen LogP contribution is 2.06. The molecule has 1 N–H and O–H groups in total. The van der Waals surface area contributed by atoms with Gasteiger partial charge in [-0.05, 0) is 33.2 Å². The lowest BCUT2D eigenvalue weighted by Crippen LogP contribution is -2.39. The summed E-state index contributed by atoms with van der Waals surface area (Å²) < 4.78 is 10.3. The number of hydrogen-bond acceptors (Lipinski definition) is 4. The monoisotopic (exact) mass is 244 g/mol. The summed E-state index contributed by atoms with van der Waals surface area (Å²) in [6, 6.07) is -0.157. The van der Waals surface area contributed by atoms with E-state index in [0.717, 1.165) is 0 Å². The second-order valence-corrected chi connectivity index (χ2v) is 4.58. The van der Waals surface area contributed by atoms with Gasteiger partial charge in [-0.25, -0.2) is 4.79 Å². The quantitative estimate of drug-likeness (QED) is 0.336. The molecule has 0 radical (unpaired) electrons. The van der Waals surface area contributed by atoms with E-state index in [1.807, 2.05) is 0 Å². The molecule has 0 saturated carbocycles. The van der Waals surface area contributed by atoms with Gasteiger partial charge in [-0.3, -0.25) is 0 Å². The highest BCUT2D eigenvalue weighted by molar-refractivity contribution is 5.68. The number of ether oxygens (including phenoxy) is 2. The Bertz CT molecular complexity index is 282. The van der Waals surface area contributed by atoms with E-state index in [2.05, 4.69) is 15.3 Å². The number of carbonyl (C=O) groups is 1. The van der Waals surface area contributed by atoms with Gasteiger partial charge in [0.2, 0.25) is 0 Å². The summed E-state index contributed by atoms with van der Waals surface area (Å²) in [5.41, 5.74) is 7.52. The summed E-state index contributed by atoms with van der Waals surface area (Å²) in [4.78, 5) is 13.9. The Kier molecular flexibility index (Phi) is 7.09. The van der Waals surface area contributed by atoms with Crippen molar-refractivity contribution in [1.29, 1.82) is 0 Å². The van der Waals surface area contributed by atoms with Crippen LogP contribution in [0, 0.1) is 0 Å². The van der Waals surface area contributed by atoms with E-state index in [4.69, 9.17) is 15.0 Å². The van der Waals surface area contributed by atoms with Crippen LogP contribution in [0.1, 0.15) is 27.7 Å². The standard InChI is InChI=1S/C10H20N4O3/c1-8(7-16-6-5-12-14-11)13-9(15)17-10(2,3)4/h8H,5-7H2,1-4H3,(H,13,15)/t8-/m1/s1. The summed E-state index contributed by atoms with van der Waals surface area (Å²) in [5, 5.41) is 5.96. The van der Waals surface area contributed by atoms with Crippen molar-refractivity contribution in [1.82, 2.24) is 5.32 Å². The van der Waals surface area contributed by atoms with Gasteiger partial charge in [-0.2, -0.15) is 0 Å². The Morgan fingerprint density at radius 1 is 1.53 bits per heavy atom. The lowest BCUT2D eigenvalue weighted by molar-refractivity contribution is 0.0458. The third kappa shape index (κ3) is 10.8. The van der Waals surface area contributed by atoms with Crippen molar-refractivity contribution in [2.24, 2.45) is 5.11 Å². The van der Waals surface area contributed by atoms with Crippen LogP contribution in [-0.4, -0.2) is 37.5 Å². The molecule has 0 aliphatic carbocycles. The number of alkyl carbamates (subject to hydrolysis) is 1. The molecule has 0 aliphatic heterocycles. The Morgan fingerprint density at radius 2 is 2.18 bits per heavy atom. The summed E-state index contributed by atoms with van der Waals surface area (Å²) >= 11 is 0. The van der Waals surface area contributed by atoms with E-state index in [-0.39, 0.29) is 12.6 Å². The van der Waals surface area contributed by atoms with E-state index < -0.39 is 11.7 Å². The first kappa shape index (κ1) is 15.5. The second kappa shape index (κ2) is 7.76. The number of nitrogens with zero attached hydrogens (tertiary/aromatic N) is 3. The third-order valence-electron chi connectivity index (χ3n) is 1.53. The molecule has 1 amide bonds. The van der Waals surface area contributed by atoms with Crippen LogP contribution >= 0.6 is 0 Å². The van der Waals surface area contributed by atoms with Gasteiger partial charge in [0.1, 0.15) is 5.60 Å². The minimum absolute atomic E-state index is 0.157. The van der Waals surface area contributed by atoms with Crippen molar-refractivity contribution in [2.45, 2.75) is 39.3 Å². The van der Waals surface area contributed by atoms with Crippen molar-refractivity contribution in [3.8, 4) is 0 Å². The van der Waals surface area contributed by atoms with Crippen LogP contribution in [0.2, 0.25) is 0 Å². The average Bonchev–Trinajstić information content (AvgIpc) is 2.14. The van der Waals surface area contributed by atoms with Crippen LogP contribution in [-0.2, 0) is 9.47 Å². The van der Waals surface area contributed by atoms with Crippen LogP contribution in [0.25, 0.3) is 10.4 Å². The van der Waals surface area contributed by atoms with Gasteiger partial charge in [0.25, 0.3) is 0 Å². The van der Waals surface area contributed by atoms with E-state index in [1.54, 1.807) is 27.7 Å². The second-order valence-electron chi connectivity index (χ2n) is 4.58. The molecule has 0 spiro atoms. The van der Waals surface area contributed by atoms with Crippen LogP contribution in [0.15, 0.2) is 5.11 Å². The Morgan fingerprint density at radius 3 is 2.71 bits per heavy atom. The summed E-state index contributed by atoms with van der Waals surface area (Å²) in [6.07, 6.45) is -0.469. The molecule has 17 heavy (non-hydrogen) atoms. The molecule has 7 nitrogen and oxygen atoms in total. The summed E-state index contributed by atoms with van der Waals surface area (Å²) in [7, 11) is 0. The molecule has 0 aromatic rings. The van der Waals surface area contributed by atoms with Crippen molar-refractivity contribution in [3.63, 3.8) is 0 Å². The molecule has 0 rings (SSSR count). The molecule has 0 saturated heterocycles. The fourth-order valence-electron chi connectivity index (χ4n) is 0.961. The number of carbonyl (C=O) groups excluding carboxylic acids is 1. The minimum Gasteiger partial charge on any atom is -0.444 e. The minimum atomic E-state index is -0.508. The molecule has 0 aromatic heterocycles. The number of amides is 1. The van der Waals surface area contributed by atoms with Crippen LogP contribution in [0.4, 0.5) is 4.79 Å². The number of nitrogens with one attached hydrogen (secondary N) is 1. The van der Waals surface area contributed by atoms with Crippen molar-refractivity contribution in [3.05, 3.63) is 10.4 Å². The molecular formula is C10H20N4O3. The fraction of sp³-hybridized carbons (Fsp3) is 0.900. The third-order valence-corrected chi connectivity index (χ3v) is 1.53. The first-order chi connectivity index (χ1) is 7.85. The van der Waals surface area contributed by atoms with Crippen LogP contribution in [0.3, 0.4) is 0 Å². The molecule has 0 heterocycles. The van der Waals surface area contributed by atoms with E-state index in [1.165, 1.54) is 0 Å². The van der Waals surface area contributed by atoms with E-state index >= 15 is 0 Å². The zero-order valence-electron chi connectivity index (χ0n) is 10.8. The predicted octanol–water partition coefficient (Wildman–Crippen LogP) is 2.23. The lowest BCUT2D eigenvalue weighted by atomic mass is 10.2. The summed E-state index contributed by atoms with van der Waals surface area (Å²) in [5.74, 6) is 0. The summed E-state index contributed by atoms with van der Waals surface area (Å²) in [6.45, 7) is 8.17. The molecule has 0 unspecified atom stereocenters. The normalized spacial score (nSPS) is 12.5. The Labute approximate surface area is 101 Å². The topological polar surface area (TPSA) is 96.3 Å². The van der Waals surface area contributed by atoms with Crippen LogP contribution in [0.5, 0.6) is 0 Å². The molecule has 0 aliphatic rings. The van der Waals surface area contributed by atoms with E-state index in [0.29, 0.717) is 13.2 Å². The molecule has 98 valence electrons. The van der Waals surface area contributed by atoms with Gasteiger partial charge in [0, 0.05) is 11.5 Å². The van der Waals surface area contributed by atoms with Gasteiger partial charge in [-0.1, -0.05) is 5.11 Å². The maximum absolute atomic E-state index is 11.3. The molecular weight excluding hydrogens is 224 g/mol. The van der Waals surface area contributed by atoms with Gasteiger partial charge in [-0.15, -0.1) is 0 Å². The van der Waals surface area contributed by atoms with Crippen molar-refractivity contribution in [2.75, 3.05) is 19.8 Å². The lowest BCUT2D eigenvalue weighted by Gasteiger charge is -2.21. The highest BCUT2D eigenvalue weighted by atomic mass is 16.6. The van der Waals surface area contributed by atoms with E-state index in [9.17, 15) is 4.79 Å². The smallest absolute Gasteiger partial charge is 0.407 e. The first-order valence-electron chi connectivity index (χ1n) is 5.43. The Hall–Kier alpha value is -1.46. The SMILES string of the molecule is C[C@H](COCCN=[N+]=[N-])NC(=O)OC(C)(C)C. The number of rotatable bonds is 6. The number of hydrogen-bond donors (Lipinski definition) is 1. The molecule has 0 fully saturated rings. The maximum atomic E-state index is 11.3. The fourth-order valence-corrected chi connectivity index (χ4v) is 0.961. The zero-order chi connectivity index (χ0) is 13.3. The average molecular weight is 244 g/mol. The van der Waals surface area contributed by atoms with Gasteiger partial charge in [0.15, 0.2) is 0 Å². The molecule has 0 bridgehead atoms. The van der Waals surface area contributed by atoms with Gasteiger partial charge < -0.3 is 14.8 Å². The first-order valence-corrected chi connectivity index (χ1v) is 5.43. The predicted molar refractivity (Wildman–Crippen MR) is 63.7 cm³/mol. The van der Waals surface area contributed by atoms with Crippen molar-refractivity contribution < 1.29 is 14.3 Å².